The van der Waals surface area contributed by atoms with Crippen LogP contribution in [0.25, 0.3) is 0 Å². The number of carbonyl (C=O) groups is 1. The first-order chi connectivity index (χ1) is 12.2. The summed E-state index contributed by atoms with van der Waals surface area (Å²) in [4.78, 5) is 14.2. The first-order valence-electron chi connectivity index (χ1n) is 8.08. The minimum absolute atomic E-state index is 0.0332. The summed E-state index contributed by atoms with van der Waals surface area (Å²) in [6.45, 7) is 2.56. The lowest BCUT2D eigenvalue weighted by Gasteiger charge is -2.22. The van der Waals surface area contributed by atoms with E-state index >= 15 is 0 Å². The number of halogens is 4. The summed E-state index contributed by atoms with van der Waals surface area (Å²) in [5.41, 5.74) is -0.160. The standard InChI is InChI=1S/C17H17ClF3N3O2/c1-10-7-14(23-26-10)15-3-2-6-24(15)9-16(25)22-11-4-5-13(18)12(8-11)17(19,20)21/h4-5,7-8,15H,2-3,6,9H2,1H3,(H,22,25)/t15-/m1/s1. The first-order valence-corrected chi connectivity index (χ1v) is 8.45. The highest BCUT2D eigenvalue weighted by atomic mass is 35.5. The van der Waals surface area contributed by atoms with Crippen LogP contribution < -0.4 is 5.32 Å². The molecule has 0 saturated carbocycles. The Balaban J connectivity index is 1.67. The van der Waals surface area contributed by atoms with Gasteiger partial charge in [-0.05, 0) is 44.5 Å². The number of nitrogens with one attached hydrogen (secondary N) is 1. The van der Waals surface area contributed by atoms with Crippen LogP contribution >= 0.6 is 11.6 Å². The monoisotopic (exact) mass is 387 g/mol. The number of carbonyl (C=O) groups excluding carboxylic acids is 1. The number of rotatable bonds is 4. The largest absolute Gasteiger partial charge is 0.417 e. The van der Waals surface area contributed by atoms with E-state index in [-0.39, 0.29) is 18.3 Å². The second kappa shape index (κ2) is 7.28. The van der Waals surface area contributed by atoms with Crippen LogP contribution in [0, 0.1) is 6.92 Å². The predicted molar refractivity (Wildman–Crippen MR) is 89.9 cm³/mol. The predicted octanol–water partition coefficient (Wildman–Crippen LogP) is 4.43. The topological polar surface area (TPSA) is 58.4 Å². The summed E-state index contributed by atoms with van der Waals surface area (Å²) in [7, 11) is 0. The van der Waals surface area contributed by atoms with Crippen LogP contribution in [-0.2, 0) is 11.0 Å². The van der Waals surface area contributed by atoms with Crippen molar-refractivity contribution in [2.75, 3.05) is 18.4 Å². The number of benzene rings is 1. The molecule has 3 rings (SSSR count). The molecule has 26 heavy (non-hydrogen) atoms. The van der Waals surface area contributed by atoms with Gasteiger partial charge >= 0.3 is 6.18 Å². The lowest BCUT2D eigenvalue weighted by atomic mass is 10.1. The van der Waals surface area contributed by atoms with Gasteiger partial charge in [0.1, 0.15) is 11.5 Å². The normalized spacial score (nSPS) is 18.3. The van der Waals surface area contributed by atoms with Gasteiger partial charge in [0.25, 0.3) is 0 Å². The number of hydrogen-bond donors (Lipinski definition) is 1. The Morgan fingerprint density at radius 2 is 2.19 bits per heavy atom. The van der Waals surface area contributed by atoms with Crippen LogP contribution in [0.4, 0.5) is 18.9 Å². The van der Waals surface area contributed by atoms with Gasteiger partial charge in [-0.25, -0.2) is 0 Å². The molecular formula is C17H17ClF3N3O2. The highest BCUT2D eigenvalue weighted by molar-refractivity contribution is 6.31. The zero-order chi connectivity index (χ0) is 18.9. The highest BCUT2D eigenvalue weighted by Crippen LogP contribution is 2.36. The van der Waals surface area contributed by atoms with E-state index in [1.54, 1.807) is 6.92 Å². The number of amides is 1. The maximum Gasteiger partial charge on any atom is 0.417 e. The molecule has 2 aromatic rings. The summed E-state index contributed by atoms with van der Waals surface area (Å²) in [5, 5.41) is 6.10. The van der Waals surface area contributed by atoms with Crippen molar-refractivity contribution in [1.82, 2.24) is 10.1 Å². The lowest BCUT2D eigenvalue weighted by Crippen LogP contribution is -2.33. The number of alkyl halides is 3. The Bertz CT molecular complexity index is 807. The van der Waals surface area contributed by atoms with Gasteiger partial charge < -0.3 is 9.84 Å². The highest BCUT2D eigenvalue weighted by Gasteiger charge is 2.34. The Labute approximate surface area is 153 Å². The smallest absolute Gasteiger partial charge is 0.361 e. The molecule has 1 aromatic heterocycles. The third-order valence-electron chi connectivity index (χ3n) is 4.25. The molecule has 1 aliphatic heterocycles. The van der Waals surface area contributed by atoms with E-state index in [1.807, 2.05) is 11.0 Å². The zero-order valence-electron chi connectivity index (χ0n) is 13.9. The van der Waals surface area contributed by atoms with Crippen molar-refractivity contribution in [1.29, 1.82) is 0 Å². The van der Waals surface area contributed by atoms with Crippen molar-refractivity contribution < 1.29 is 22.5 Å². The number of aryl methyl sites for hydroxylation is 1. The summed E-state index contributed by atoms with van der Waals surface area (Å²) < 4.78 is 43.8. The van der Waals surface area contributed by atoms with Gasteiger partial charge in [-0.2, -0.15) is 13.2 Å². The van der Waals surface area contributed by atoms with E-state index in [1.165, 1.54) is 6.07 Å². The average molecular weight is 388 g/mol. The van der Waals surface area contributed by atoms with E-state index in [2.05, 4.69) is 10.5 Å². The second-order valence-corrected chi connectivity index (χ2v) is 6.64. The molecule has 0 unspecified atom stereocenters. The van der Waals surface area contributed by atoms with Crippen LogP contribution in [0.1, 0.15) is 35.9 Å². The molecule has 5 nitrogen and oxygen atoms in total. The summed E-state index contributed by atoms with van der Waals surface area (Å²) in [5.74, 6) is 0.296. The van der Waals surface area contributed by atoms with Crippen LogP contribution in [0.15, 0.2) is 28.8 Å². The van der Waals surface area contributed by atoms with E-state index in [9.17, 15) is 18.0 Å². The zero-order valence-corrected chi connectivity index (χ0v) is 14.7. The molecule has 1 aromatic carbocycles. The quantitative estimate of drug-likeness (QED) is 0.843. The van der Waals surface area contributed by atoms with Gasteiger partial charge in [-0.15, -0.1) is 0 Å². The molecule has 1 amide bonds. The molecule has 1 N–H and O–H groups in total. The van der Waals surface area contributed by atoms with Crippen molar-refractivity contribution in [3.8, 4) is 0 Å². The average Bonchev–Trinajstić information content (AvgIpc) is 3.16. The maximum absolute atomic E-state index is 12.9. The molecule has 1 fully saturated rings. The molecule has 0 aliphatic carbocycles. The third-order valence-corrected chi connectivity index (χ3v) is 4.58. The van der Waals surface area contributed by atoms with Crippen LogP contribution in [0.5, 0.6) is 0 Å². The van der Waals surface area contributed by atoms with Crippen LogP contribution in [0.2, 0.25) is 5.02 Å². The minimum atomic E-state index is -4.58. The second-order valence-electron chi connectivity index (χ2n) is 6.23. The molecule has 2 heterocycles. The fraction of sp³-hybridized carbons (Fsp3) is 0.412. The van der Waals surface area contributed by atoms with E-state index in [4.69, 9.17) is 16.1 Å². The van der Waals surface area contributed by atoms with E-state index in [0.717, 1.165) is 30.7 Å². The van der Waals surface area contributed by atoms with Gasteiger partial charge in [-0.3, -0.25) is 9.69 Å². The first kappa shape index (κ1) is 18.7. The van der Waals surface area contributed by atoms with E-state index < -0.39 is 22.7 Å². The Hall–Kier alpha value is -2.06. The van der Waals surface area contributed by atoms with Crippen molar-refractivity contribution in [2.45, 2.75) is 32.0 Å². The molecule has 0 spiro atoms. The molecule has 1 aliphatic rings. The third kappa shape index (κ3) is 4.19. The van der Waals surface area contributed by atoms with Gasteiger partial charge in [0.05, 0.1) is 23.2 Å². The molecule has 1 saturated heterocycles. The van der Waals surface area contributed by atoms with Crippen molar-refractivity contribution in [2.24, 2.45) is 0 Å². The Morgan fingerprint density at radius 1 is 1.42 bits per heavy atom. The number of likely N-dealkylation sites (tertiary alicyclic amines) is 1. The SMILES string of the molecule is Cc1cc([C@H]2CCCN2CC(=O)Nc2ccc(Cl)c(C(F)(F)F)c2)no1. The summed E-state index contributed by atoms with van der Waals surface area (Å²) in [6.07, 6.45) is -2.83. The molecule has 1 atom stereocenters. The van der Waals surface area contributed by atoms with Gasteiger partial charge in [0.15, 0.2) is 0 Å². The van der Waals surface area contributed by atoms with Gasteiger partial charge in [0, 0.05) is 11.8 Å². The fourth-order valence-corrected chi connectivity index (χ4v) is 3.32. The van der Waals surface area contributed by atoms with Gasteiger partial charge in [-0.1, -0.05) is 16.8 Å². The van der Waals surface area contributed by atoms with Crippen molar-refractivity contribution >= 4 is 23.2 Å². The molecule has 0 bridgehead atoms. The van der Waals surface area contributed by atoms with Crippen molar-refractivity contribution in [3.63, 3.8) is 0 Å². The molecule has 9 heteroatoms. The Morgan fingerprint density at radius 3 is 2.85 bits per heavy atom. The summed E-state index contributed by atoms with van der Waals surface area (Å²) >= 11 is 5.59. The van der Waals surface area contributed by atoms with Gasteiger partial charge in [0.2, 0.25) is 5.91 Å². The minimum Gasteiger partial charge on any atom is -0.361 e. The van der Waals surface area contributed by atoms with E-state index in [0.29, 0.717) is 12.3 Å². The molecule has 0 radical (unpaired) electrons. The van der Waals surface area contributed by atoms with Crippen LogP contribution in [-0.4, -0.2) is 29.1 Å². The molecular weight excluding hydrogens is 371 g/mol. The number of hydrogen-bond acceptors (Lipinski definition) is 4. The number of anilines is 1. The van der Waals surface area contributed by atoms with Crippen molar-refractivity contribution in [3.05, 3.63) is 46.3 Å². The summed E-state index contributed by atoms with van der Waals surface area (Å²) in [6, 6.07) is 5.10. The Kier molecular flexibility index (Phi) is 5.24. The van der Waals surface area contributed by atoms with Crippen LogP contribution in [0.3, 0.4) is 0 Å². The molecule has 140 valence electrons. The fourth-order valence-electron chi connectivity index (χ4n) is 3.10. The lowest BCUT2D eigenvalue weighted by molar-refractivity contribution is -0.137. The maximum atomic E-state index is 12.9. The number of nitrogens with zero attached hydrogens (tertiary/aromatic N) is 2. The number of aromatic nitrogens is 1.